The number of anilines is 2. The molecule has 1 unspecified atom stereocenters. The van der Waals surface area contributed by atoms with Crippen molar-refractivity contribution in [2.24, 2.45) is 0 Å². The third-order valence-electron chi connectivity index (χ3n) is 6.72. The van der Waals surface area contributed by atoms with Gasteiger partial charge in [-0.3, -0.25) is 14.4 Å². The first kappa shape index (κ1) is 34.3. The molecule has 0 aliphatic heterocycles. The van der Waals surface area contributed by atoms with Crippen LogP contribution in [0.3, 0.4) is 0 Å². The van der Waals surface area contributed by atoms with E-state index in [9.17, 15) is 40.7 Å². The highest BCUT2D eigenvalue weighted by Crippen LogP contribution is 2.31. The molecule has 0 aliphatic rings. The van der Waals surface area contributed by atoms with Gasteiger partial charge in [0.25, 0.3) is 5.91 Å². The van der Waals surface area contributed by atoms with E-state index < -0.39 is 47.7 Å². The molecule has 0 bridgehead atoms. The van der Waals surface area contributed by atoms with Crippen LogP contribution in [0.15, 0.2) is 97.1 Å². The van der Waals surface area contributed by atoms with Crippen molar-refractivity contribution in [3.8, 4) is 16.9 Å². The number of alkyl halides is 6. The number of carbonyl (C=O) groups excluding carboxylic acids is 2. The average Bonchev–Trinajstić information content (AvgIpc) is 3.01. The Balaban J connectivity index is 1.50. The van der Waals surface area contributed by atoms with Gasteiger partial charge in [-0.2, -0.15) is 13.2 Å². The molecule has 8 nitrogen and oxygen atoms in total. The molecular formula is C33H27F6N3O5. The Morgan fingerprint density at radius 2 is 1.28 bits per heavy atom. The summed E-state index contributed by atoms with van der Waals surface area (Å²) in [5, 5.41) is 17.0. The summed E-state index contributed by atoms with van der Waals surface area (Å²) in [6.45, 7) is -0.0582. The highest BCUT2D eigenvalue weighted by molar-refractivity contribution is 5.97. The molecule has 4 rings (SSSR count). The zero-order valence-corrected chi connectivity index (χ0v) is 24.3. The largest absolute Gasteiger partial charge is 0.573 e. The predicted octanol–water partition coefficient (Wildman–Crippen LogP) is 7.14. The lowest BCUT2D eigenvalue weighted by Gasteiger charge is -2.20. The predicted molar refractivity (Wildman–Crippen MR) is 161 cm³/mol. The maximum Gasteiger partial charge on any atom is 0.573 e. The Bertz CT molecular complexity index is 1670. The third-order valence-corrected chi connectivity index (χ3v) is 6.72. The van der Waals surface area contributed by atoms with Gasteiger partial charge >= 0.3 is 18.5 Å². The maximum atomic E-state index is 13.4. The molecule has 0 saturated carbocycles. The SMILES string of the molecule is O=C(O)CCNC(=O)c1ccc(NC(Cc2ccc(-c3ccc(C(F)(F)F)cc3)cc2)C(=O)Nc2ccc(OC(F)(F)F)cc2)cc1. The Labute approximate surface area is 264 Å². The Morgan fingerprint density at radius 3 is 1.81 bits per heavy atom. The highest BCUT2D eigenvalue weighted by atomic mass is 19.4. The number of amides is 2. The number of halogens is 6. The molecule has 0 spiro atoms. The van der Waals surface area contributed by atoms with Crippen LogP contribution >= 0.6 is 0 Å². The quantitative estimate of drug-likeness (QED) is 0.120. The van der Waals surface area contributed by atoms with E-state index in [0.29, 0.717) is 22.4 Å². The van der Waals surface area contributed by atoms with Crippen molar-refractivity contribution < 1.29 is 50.6 Å². The van der Waals surface area contributed by atoms with E-state index in [4.69, 9.17) is 5.11 Å². The molecule has 4 aromatic carbocycles. The van der Waals surface area contributed by atoms with Crippen LogP contribution in [0.1, 0.15) is 27.9 Å². The van der Waals surface area contributed by atoms with Crippen molar-refractivity contribution in [3.63, 3.8) is 0 Å². The molecule has 4 aromatic rings. The summed E-state index contributed by atoms with van der Waals surface area (Å²) in [7, 11) is 0. The lowest BCUT2D eigenvalue weighted by Crippen LogP contribution is -2.36. The van der Waals surface area contributed by atoms with Crippen molar-refractivity contribution in [1.82, 2.24) is 5.32 Å². The number of aliphatic carboxylic acids is 1. The number of benzene rings is 4. The fourth-order valence-electron chi connectivity index (χ4n) is 4.40. The molecule has 0 aliphatic carbocycles. The van der Waals surface area contributed by atoms with Gasteiger partial charge in [0.1, 0.15) is 11.8 Å². The molecule has 47 heavy (non-hydrogen) atoms. The second-order valence-electron chi connectivity index (χ2n) is 10.2. The van der Waals surface area contributed by atoms with Gasteiger partial charge in [-0.05, 0) is 77.4 Å². The van der Waals surface area contributed by atoms with Crippen LogP contribution in [0.4, 0.5) is 37.7 Å². The Morgan fingerprint density at radius 1 is 0.723 bits per heavy atom. The fourth-order valence-corrected chi connectivity index (χ4v) is 4.40. The fraction of sp³-hybridized carbons (Fsp3) is 0.182. The van der Waals surface area contributed by atoms with E-state index in [1.807, 2.05) is 0 Å². The van der Waals surface area contributed by atoms with Gasteiger partial charge in [-0.15, -0.1) is 13.2 Å². The first-order chi connectivity index (χ1) is 22.2. The second-order valence-corrected chi connectivity index (χ2v) is 10.2. The first-order valence-corrected chi connectivity index (χ1v) is 14.0. The van der Waals surface area contributed by atoms with Crippen LogP contribution in [0.25, 0.3) is 11.1 Å². The molecule has 0 aromatic heterocycles. The number of hydrogen-bond donors (Lipinski definition) is 4. The number of carbonyl (C=O) groups is 3. The molecule has 0 fully saturated rings. The standard InChI is InChI=1S/C33H27F6N3O5/c34-32(35,36)24-9-5-22(6-10-24)21-3-1-20(2-4-21)19-28(31(46)42-26-13-15-27(16-14-26)47-33(37,38)39)41-25-11-7-23(8-12-25)30(45)40-18-17-29(43)44/h1-16,28,41H,17-19H2,(H,40,45)(H,42,46)(H,43,44). The van der Waals surface area contributed by atoms with Gasteiger partial charge in [0, 0.05) is 29.9 Å². The molecule has 0 saturated heterocycles. The van der Waals surface area contributed by atoms with Gasteiger partial charge in [0.05, 0.1) is 12.0 Å². The Kier molecular flexibility index (Phi) is 10.7. The van der Waals surface area contributed by atoms with Gasteiger partial charge in [-0.1, -0.05) is 36.4 Å². The molecule has 2 amide bonds. The molecule has 246 valence electrons. The topological polar surface area (TPSA) is 117 Å². The van der Waals surface area contributed by atoms with Gasteiger partial charge in [0.15, 0.2) is 0 Å². The molecule has 1 atom stereocenters. The van der Waals surface area contributed by atoms with Crippen molar-refractivity contribution in [2.45, 2.75) is 31.4 Å². The molecule has 4 N–H and O–H groups in total. The normalized spacial score (nSPS) is 12.1. The van der Waals surface area contributed by atoms with E-state index >= 15 is 0 Å². The molecule has 14 heteroatoms. The summed E-state index contributed by atoms with van der Waals surface area (Å²) in [5.74, 6) is -2.56. The molecule has 0 radical (unpaired) electrons. The monoisotopic (exact) mass is 659 g/mol. The van der Waals surface area contributed by atoms with Crippen molar-refractivity contribution in [2.75, 3.05) is 17.2 Å². The summed E-state index contributed by atoms with van der Waals surface area (Å²) < 4.78 is 80.2. The summed E-state index contributed by atoms with van der Waals surface area (Å²) >= 11 is 0. The van der Waals surface area contributed by atoms with Crippen molar-refractivity contribution in [3.05, 3.63) is 114 Å². The minimum atomic E-state index is -4.88. The minimum Gasteiger partial charge on any atom is -0.481 e. The summed E-state index contributed by atoms with van der Waals surface area (Å²) in [5.41, 5.74) is 2.01. The lowest BCUT2D eigenvalue weighted by atomic mass is 9.99. The summed E-state index contributed by atoms with van der Waals surface area (Å²) in [4.78, 5) is 36.4. The van der Waals surface area contributed by atoms with Crippen LogP contribution in [-0.2, 0) is 22.2 Å². The third kappa shape index (κ3) is 10.5. The van der Waals surface area contributed by atoms with Crippen molar-refractivity contribution >= 4 is 29.2 Å². The van der Waals surface area contributed by atoms with Crippen LogP contribution in [0.5, 0.6) is 5.75 Å². The van der Waals surface area contributed by atoms with E-state index in [0.717, 1.165) is 24.3 Å². The van der Waals surface area contributed by atoms with Crippen LogP contribution < -0.4 is 20.7 Å². The molecular weight excluding hydrogens is 632 g/mol. The van der Waals surface area contributed by atoms with Crippen molar-refractivity contribution in [1.29, 1.82) is 0 Å². The number of hydrogen-bond acceptors (Lipinski definition) is 5. The number of nitrogens with one attached hydrogen (secondary N) is 3. The van der Waals surface area contributed by atoms with Crippen LogP contribution in [-0.4, -0.2) is 41.8 Å². The van der Waals surface area contributed by atoms with E-state index in [1.165, 1.54) is 36.4 Å². The Hall–Kier alpha value is -5.53. The molecule has 0 heterocycles. The van der Waals surface area contributed by atoms with E-state index in [2.05, 4.69) is 20.7 Å². The number of ether oxygens (including phenoxy) is 1. The summed E-state index contributed by atoms with van der Waals surface area (Å²) in [6, 6.07) is 21.2. The highest BCUT2D eigenvalue weighted by Gasteiger charge is 2.31. The summed E-state index contributed by atoms with van der Waals surface area (Å²) in [6.07, 6.45) is -9.47. The van der Waals surface area contributed by atoms with Crippen LogP contribution in [0, 0.1) is 0 Å². The zero-order chi connectivity index (χ0) is 34.2. The minimum absolute atomic E-state index is 0.0582. The van der Waals surface area contributed by atoms with Gasteiger partial charge in [0.2, 0.25) is 5.91 Å². The first-order valence-electron chi connectivity index (χ1n) is 14.0. The number of carboxylic acid groups (broad SMARTS) is 1. The van der Waals surface area contributed by atoms with Crippen LogP contribution in [0.2, 0.25) is 0 Å². The van der Waals surface area contributed by atoms with E-state index in [1.54, 1.807) is 36.4 Å². The number of rotatable bonds is 12. The average molecular weight is 660 g/mol. The maximum absolute atomic E-state index is 13.4. The van der Waals surface area contributed by atoms with Gasteiger partial charge in [-0.25, -0.2) is 0 Å². The smallest absolute Gasteiger partial charge is 0.481 e. The van der Waals surface area contributed by atoms with E-state index in [-0.39, 0.29) is 30.6 Å². The lowest BCUT2D eigenvalue weighted by molar-refractivity contribution is -0.274. The zero-order valence-electron chi connectivity index (χ0n) is 24.3. The second kappa shape index (κ2) is 14.7. The van der Waals surface area contributed by atoms with Gasteiger partial charge < -0.3 is 25.8 Å². The number of carboxylic acids is 1.